The van der Waals surface area contributed by atoms with Crippen LogP contribution >= 0.6 is 23.1 Å². The maximum atomic E-state index is 12.7. The molecule has 1 N–H and O–H groups in total. The Morgan fingerprint density at radius 1 is 1.43 bits per heavy atom. The summed E-state index contributed by atoms with van der Waals surface area (Å²) in [5, 5.41) is 11.1. The van der Waals surface area contributed by atoms with E-state index in [1.165, 1.54) is 15.6 Å². The molecule has 8 nitrogen and oxygen atoms in total. The highest BCUT2D eigenvalue weighted by atomic mass is 32.2. The largest absolute Gasteiger partial charge is 0.476 e. The molecule has 1 aliphatic rings. The number of aryl methyl sites for hydroxylation is 1. The van der Waals surface area contributed by atoms with E-state index in [1.54, 1.807) is 30.0 Å². The first-order valence-electron chi connectivity index (χ1n) is 8.65. The molecule has 0 saturated heterocycles. The molecule has 0 saturated carbocycles. The van der Waals surface area contributed by atoms with Crippen LogP contribution in [-0.4, -0.2) is 49.2 Å². The highest BCUT2D eigenvalue weighted by molar-refractivity contribution is 8.01. The summed E-state index contributed by atoms with van der Waals surface area (Å²) in [5.41, 5.74) is 1.34. The van der Waals surface area contributed by atoms with Crippen LogP contribution in [0.4, 0.5) is 10.8 Å². The zero-order valence-corrected chi connectivity index (χ0v) is 18.4. The van der Waals surface area contributed by atoms with Crippen LogP contribution in [0.1, 0.15) is 19.4 Å². The number of aromatic nitrogens is 2. The molecule has 0 aliphatic carbocycles. The molecule has 3 rings (SSSR count). The maximum absolute atomic E-state index is 12.7. The summed E-state index contributed by atoms with van der Waals surface area (Å²) in [6, 6.07) is 5.21. The molecule has 1 aromatic heterocycles. The van der Waals surface area contributed by atoms with Gasteiger partial charge in [0.05, 0.1) is 18.5 Å². The van der Waals surface area contributed by atoms with E-state index in [-0.39, 0.29) is 6.54 Å². The number of fused-ring (bicyclic) bond motifs is 1. The topological polar surface area (TPSA) is 101 Å². The van der Waals surface area contributed by atoms with Crippen molar-refractivity contribution in [1.82, 2.24) is 10.2 Å². The van der Waals surface area contributed by atoms with E-state index in [2.05, 4.69) is 29.4 Å². The van der Waals surface area contributed by atoms with Gasteiger partial charge in [-0.25, -0.2) is 8.42 Å². The smallest absolute Gasteiger partial charge is 0.269 e. The highest BCUT2D eigenvalue weighted by Gasteiger charge is 2.35. The van der Waals surface area contributed by atoms with Crippen molar-refractivity contribution in [2.24, 2.45) is 5.92 Å². The number of sulfonamides is 1. The Balaban J connectivity index is 1.75. The van der Waals surface area contributed by atoms with Gasteiger partial charge in [0.2, 0.25) is 15.2 Å². The van der Waals surface area contributed by atoms with E-state index < -0.39 is 22.0 Å². The molecule has 2 heterocycles. The molecule has 0 radical (unpaired) electrons. The summed E-state index contributed by atoms with van der Waals surface area (Å²) in [4.78, 5) is 12.7. The van der Waals surface area contributed by atoms with Crippen molar-refractivity contribution >= 4 is 49.8 Å². The lowest BCUT2D eigenvalue weighted by Gasteiger charge is -2.33. The fourth-order valence-corrected chi connectivity index (χ4v) is 5.20. The molecule has 0 fully saturated rings. The lowest BCUT2D eigenvalue weighted by molar-refractivity contribution is -0.122. The van der Waals surface area contributed by atoms with Crippen molar-refractivity contribution < 1.29 is 17.9 Å². The van der Waals surface area contributed by atoms with Crippen LogP contribution < -0.4 is 14.4 Å². The molecule has 0 unspecified atom stereocenters. The van der Waals surface area contributed by atoms with Crippen LogP contribution in [0.15, 0.2) is 22.5 Å². The van der Waals surface area contributed by atoms with E-state index in [0.717, 1.165) is 21.9 Å². The summed E-state index contributed by atoms with van der Waals surface area (Å²) < 4.78 is 32.2. The molecule has 1 aliphatic heterocycles. The van der Waals surface area contributed by atoms with Crippen LogP contribution in [-0.2, 0) is 14.8 Å². The minimum Gasteiger partial charge on any atom is -0.476 e. The van der Waals surface area contributed by atoms with Gasteiger partial charge in [0.25, 0.3) is 5.91 Å². The minimum atomic E-state index is -3.56. The molecule has 11 heteroatoms. The van der Waals surface area contributed by atoms with Crippen LogP contribution in [0.3, 0.4) is 0 Å². The summed E-state index contributed by atoms with van der Waals surface area (Å²) in [5.74, 6) is 1.33. The molecule has 1 atom stereocenters. The number of rotatable bonds is 6. The van der Waals surface area contributed by atoms with Crippen molar-refractivity contribution in [2.75, 3.05) is 28.2 Å². The number of nitrogens with zero attached hydrogens (tertiary/aromatic N) is 3. The number of thioether (sulfide) groups is 1. The van der Waals surface area contributed by atoms with Gasteiger partial charge in [-0.15, -0.1) is 10.2 Å². The summed E-state index contributed by atoms with van der Waals surface area (Å²) in [7, 11) is -3.56. The number of nitrogens with one attached hydrogen (secondary N) is 1. The summed E-state index contributed by atoms with van der Waals surface area (Å²) in [6.07, 6.45) is 0.125. The molecule has 2 aromatic rings. The standard InChI is InChI=1S/C17H22N4O4S3/c1-10(2)9-26-17-20-19-16(27-17)18-15(22)14-8-21(28(4,23)24)12-6-5-11(3)7-13(12)25-14/h5-7,10,14H,8-9H2,1-4H3,(H,18,19,22)/t14-/m1/s1. The Kier molecular flexibility index (Phi) is 6.15. The number of anilines is 2. The first-order chi connectivity index (χ1) is 13.1. The van der Waals surface area contributed by atoms with Crippen molar-refractivity contribution in [3.63, 3.8) is 0 Å². The number of amides is 1. The van der Waals surface area contributed by atoms with Gasteiger partial charge in [-0.2, -0.15) is 0 Å². The van der Waals surface area contributed by atoms with Gasteiger partial charge in [-0.1, -0.05) is 43.0 Å². The second-order valence-electron chi connectivity index (χ2n) is 6.94. The van der Waals surface area contributed by atoms with E-state index in [1.807, 2.05) is 6.92 Å². The van der Waals surface area contributed by atoms with Gasteiger partial charge in [0, 0.05) is 5.75 Å². The third-order valence-electron chi connectivity index (χ3n) is 3.85. The summed E-state index contributed by atoms with van der Waals surface area (Å²) >= 11 is 2.87. The minimum absolute atomic E-state index is 0.103. The quantitative estimate of drug-likeness (QED) is 0.542. The molecule has 152 valence electrons. The first kappa shape index (κ1) is 20.9. The molecule has 0 spiro atoms. The third kappa shape index (κ3) is 4.95. The number of benzene rings is 1. The van der Waals surface area contributed by atoms with Gasteiger partial charge >= 0.3 is 0 Å². The Morgan fingerprint density at radius 3 is 2.86 bits per heavy atom. The monoisotopic (exact) mass is 442 g/mol. The molecule has 1 aromatic carbocycles. The van der Waals surface area contributed by atoms with Crippen molar-refractivity contribution in [1.29, 1.82) is 0 Å². The number of ether oxygens (including phenoxy) is 1. The molecule has 1 amide bonds. The van der Waals surface area contributed by atoms with Crippen LogP contribution in [0.25, 0.3) is 0 Å². The van der Waals surface area contributed by atoms with Gasteiger partial charge in [-0.3, -0.25) is 14.4 Å². The Labute approximate surface area is 172 Å². The Morgan fingerprint density at radius 2 is 2.18 bits per heavy atom. The molecular weight excluding hydrogens is 420 g/mol. The van der Waals surface area contributed by atoms with E-state index in [4.69, 9.17) is 4.74 Å². The molecule has 28 heavy (non-hydrogen) atoms. The fourth-order valence-electron chi connectivity index (χ4n) is 2.55. The second kappa shape index (κ2) is 8.26. The van der Waals surface area contributed by atoms with Gasteiger partial charge < -0.3 is 4.74 Å². The predicted octanol–water partition coefficient (Wildman–Crippen LogP) is 2.76. The number of hydrogen-bond donors (Lipinski definition) is 1. The van der Waals surface area contributed by atoms with Crippen LogP contribution in [0.5, 0.6) is 5.75 Å². The zero-order chi connectivity index (χ0) is 20.5. The molecule has 0 bridgehead atoms. The van der Waals surface area contributed by atoms with Crippen molar-refractivity contribution in [3.05, 3.63) is 23.8 Å². The average molecular weight is 443 g/mol. The Bertz CT molecular complexity index is 975. The lowest BCUT2D eigenvalue weighted by atomic mass is 10.1. The van der Waals surface area contributed by atoms with Crippen molar-refractivity contribution in [2.45, 2.75) is 31.2 Å². The first-order valence-corrected chi connectivity index (χ1v) is 12.3. The summed E-state index contributed by atoms with van der Waals surface area (Å²) in [6.45, 7) is 6.00. The van der Waals surface area contributed by atoms with Gasteiger partial charge in [0.15, 0.2) is 10.4 Å². The lowest BCUT2D eigenvalue weighted by Crippen LogP contribution is -2.48. The zero-order valence-electron chi connectivity index (χ0n) is 16.0. The molecular formula is C17H22N4O4S3. The fraction of sp³-hybridized carbons (Fsp3) is 0.471. The van der Waals surface area contributed by atoms with E-state index in [0.29, 0.717) is 22.5 Å². The van der Waals surface area contributed by atoms with Gasteiger partial charge in [0.1, 0.15) is 5.75 Å². The van der Waals surface area contributed by atoms with E-state index in [9.17, 15) is 13.2 Å². The normalized spacial score (nSPS) is 16.6. The number of carbonyl (C=O) groups excluding carboxylic acids is 1. The Hall–Kier alpha value is -1.85. The highest BCUT2D eigenvalue weighted by Crippen LogP contribution is 2.36. The number of hydrogen-bond acceptors (Lipinski definition) is 8. The van der Waals surface area contributed by atoms with Crippen LogP contribution in [0, 0.1) is 12.8 Å². The third-order valence-corrected chi connectivity index (χ3v) is 7.40. The predicted molar refractivity (Wildman–Crippen MR) is 112 cm³/mol. The van der Waals surface area contributed by atoms with Gasteiger partial charge in [-0.05, 0) is 30.5 Å². The maximum Gasteiger partial charge on any atom is 0.269 e. The second-order valence-corrected chi connectivity index (χ2v) is 11.1. The number of carbonyl (C=O) groups is 1. The average Bonchev–Trinajstić information content (AvgIpc) is 3.05. The van der Waals surface area contributed by atoms with Crippen LogP contribution in [0.2, 0.25) is 0 Å². The van der Waals surface area contributed by atoms with E-state index >= 15 is 0 Å². The van der Waals surface area contributed by atoms with Crippen molar-refractivity contribution in [3.8, 4) is 5.75 Å². The SMILES string of the molecule is Cc1ccc2c(c1)O[C@@H](C(=O)Nc1nnc(SCC(C)C)s1)CN2S(C)(=O)=O.